The third-order valence-corrected chi connectivity index (χ3v) is 1.91. The van der Waals surface area contributed by atoms with Crippen molar-refractivity contribution in [3.8, 4) is 5.95 Å². The summed E-state index contributed by atoms with van der Waals surface area (Å²) in [5, 5.41) is 4.14. The molecule has 0 saturated heterocycles. The Morgan fingerprint density at radius 3 is 2.69 bits per heavy atom. The Bertz CT molecular complexity index is 372. The van der Waals surface area contributed by atoms with Gasteiger partial charge in [0, 0.05) is 30.8 Å². The lowest BCUT2D eigenvalue weighted by Crippen LogP contribution is -2.08. The van der Waals surface area contributed by atoms with E-state index < -0.39 is 0 Å². The number of aromatic nitrogens is 4. The van der Waals surface area contributed by atoms with E-state index in [1.165, 1.54) is 0 Å². The van der Waals surface area contributed by atoms with Gasteiger partial charge in [0.25, 0.3) is 0 Å². The summed E-state index contributed by atoms with van der Waals surface area (Å²) in [5.41, 5.74) is 0. The molecule has 0 N–H and O–H groups in total. The van der Waals surface area contributed by atoms with Gasteiger partial charge < -0.3 is 4.57 Å². The van der Waals surface area contributed by atoms with Crippen LogP contribution in [0.15, 0.2) is 30.9 Å². The smallest absolute Gasteiger partial charge is 0.230 e. The van der Waals surface area contributed by atoms with Gasteiger partial charge in [-0.2, -0.15) is 5.10 Å². The third kappa shape index (κ3) is 1.35. The van der Waals surface area contributed by atoms with Crippen LogP contribution in [0.4, 0.5) is 0 Å². The fourth-order valence-corrected chi connectivity index (χ4v) is 1.27. The van der Waals surface area contributed by atoms with Gasteiger partial charge in [-0.25, -0.2) is 9.67 Å². The van der Waals surface area contributed by atoms with Gasteiger partial charge in [0.15, 0.2) is 0 Å². The number of hydrogen-bond donors (Lipinski definition) is 0. The minimum absolute atomic E-state index is 0.404. The molecule has 0 saturated carbocycles. The molecule has 0 aliphatic rings. The Morgan fingerprint density at radius 1 is 1.23 bits per heavy atom. The van der Waals surface area contributed by atoms with E-state index in [2.05, 4.69) is 28.5 Å². The van der Waals surface area contributed by atoms with Crippen molar-refractivity contribution in [3.05, 3.63) is 30.9 Å². The van der Waals surface area contributed by atoms with Crippen LogP contribution in [-0.4, -0.2) is 19.3 Å². The van der Waals surface area contributed by atoms with E-state index in [0.717, 1.165) is 5.95 Å². The first-order valence-electron chi connectivity index (χ1n) is 4.32. The molecule has 68 valence electrons. The fourth-order valence-electron chi connectivity index (χ4n) is 1.27. The minimum Gasteiger partial charge on any atom is -0.313 e. The lowest BCUT2D eigenvalue weighted by Gasteiger charge is -2.10. The number of hydrogen-bond acceptors (Lipinski definition) is 2. The van der Waals surface area contributed by atoms with E-state index in [9.17, 15) is 0 Å². The van der Waals surface area contributed by atoms with Gasteiger partial charge in [-0.3, -0.25) is 0 Å². The minimum atomic E-state index is 0.404. The Balaban J connectivity index is 2.46. The lowest BCUT2D eigenvalue weighted by atomic mass is 10.4. The van der Waals surface area contributed by atoms with E-state index in [-0.39, 0.29) is 0 Å². The molecule has 2 aromatic rings. The summed E-state index contributed by atoms with van der Waals surface area (Å²) in [5.74, 6) is 0.861. The van der Waals surface area contributed by atoms with Crippen LogP contribution < -0.4 is 0 Å². The second-order valence-corrected chi connectivity index (χ2v) is 3.18. The normalized spacial score (nSPS) is 11.0. The summed E-state index contributed by atoms with van der Waals surface area (Å²) in [4.78, 5) is 4.24. The highest BCUT2D eigenvalue weighted by Gasteiger charge is 2.06. The lowest BCUT2D eigenvalue weighted by molar-refractivity contribution is 0.572. The monoisotopic (exact) mass is 176 g/mol. The van der Waals surface area contributed by atoms with Gasteiger partial charge in [-0.15, -0.1) is 0 Å². The highest BCUT2D eigenvalue weighted by Crippen LogP contribution is 2.10. The molecule has 2 rings (SSSR count). The molecule has 13 heavy (non-hydrogen) atoms. The quantitative estimate of drug-likeness (QED) is 0.697. The molecule has 0 amide bonds. The average molecular weight is 176 g/mol. The van der Waals surface area contributed by atoms with Crippen molar-refractivity contribution in [2.24, 2.45) is 0 Å². The van der Waals surface area contributed by atoms with Crippen molar-refractivity contribution in [2.45, 2.75) is 19.9 Å². The third-order valence-electron chi connectivity index (χ3n) is 1.91. The van der Waals surface area contributed by atoms with Gasteiger partial charge in [0.1, 0.15) is 0 Å². The van der Waals surface area contributed by atoms with Crippen molar-refractivity contribution in [1.29, 1.82) is 0 Å². The van der Waals surface area contributed by atoms with Crippen LogP contribution >= 0.6 is 0 Å². The molecule has 0 radical (unpaired) electrons. The van der Waals surface area contributed by atoms with E-state index >= 15 is 0 Å². The van der Waals surface area contributed by atoms with Gasteiger partial charge in [0.05, 0.1) is 0 Å². The molecular weight excluding hydrogens is 164 g/mol. The summed E-state index contributed by atoms with van der Waals surface area (Å²) < 4.78 is 3.84. The first-order valence-corrected chi connectivity index (χ1v) is 4.32. The molecule has 0 atom stereocenters. The van der Waals surface area contributed by atoms with Crippen molar-refractivity contribution in [2.75, 3.05) is 0 Å². The van der Waals surface area contributed by atoms with Crippen molar-refractivity contribution >= 4 is 0 Å². The average Bonchev–Trinajstić information content (AvgIpc) is 2.74. The first kappa shape index (κ1) is 8.04. The van der Waals surface area contributed by atoms with Gasteiger partial charge in [-0.1, -0.05) is 0 Å². The largest absolute Gasteiger partial charge is 0.313 e. The van der Waals surface area contributed by atoms with Gasteiger partial charge >= 0.3 is 0 Å². The second-order valence-electron chi connectivity index (χ2n) is 3.18. The predicted octanol–water partition coefficient (Wildman–Crippen LogP) is 1.65. The Kier molecular flexibility index (Phi) is 1.88. The molecule has 4 heteroatoms. The summed E-state index contributed by atoms with van der Waals surface area (Å²) in [6.45, 7) is 4.24. The predicted molar refractivity (Wildman–Crippen MR) is 49.7 cm³/mol. The van der Waals surface area contributed by atoms with Crippen LogP contribution in [-0.2, 0) is 0 Å². The first-order chi connectivity index (χ1) is 6.29. The second kappa shape index (κ2) is 3.05. The molecule has 2 heterocycles. The Labute approximate surface area is 76.8 Å². The molecule has 0 bridgehead atoms. The highest BCUT2D eigenvalue weighted by atomic mass is 15.4. The van der Waals surface area contributed by atoms with Crippen LogP contribution in [0.5, 0.6) is 0 Å². The SMILES string of the molecule is CC(C)n1ccnc1-n1cccn1. The highest BCUT2D eigenvalue weighted by molar-refractivity contribution is 5.12. The summed E-state index contributed by atoms with van der Waals surface area (Å²) in [6.07, 6.45) is 7.39. The van der Waals surface area contributed by atoms with Crippen LogP contribution in [0.1, 0.15) is 19.9 Å². The summed E-state index contributed by atoms with van der Waals surface area (Å²) >= 11 is 0. The van der Waals surface area contributed by atoms with E-state index in [0.29, 0.717) is 6.04 Å². The molecule has 0 aromatic carbocycles. The zero-order valence-corrected chi connectivity index (χ0v) is 7.75. The van der Waals surface area contributed by atoms with E-state index in [4.69, 9.17) is 0 Å². The molecule has 0 aliphatic carbocycles. The summed E-state index contributed by atoms with van der Waals surface area (Å²) in [7, 11) is 0. The standard InChI is InChI=1S/C9H12N4/c1-8(2)12-7-5-10-9(12)13-6-3-4-11-13/h3-8H,1-2H3. The number of nitrogens with zero attached hydrogens (tertiary/aromatic N) is 4. The fraction of sp³-hybridized carbons (Fsp3) is 0.333. The van der Waals surface area contributed by atoms with E-state index in [1.807, 2.05) is 18.5 Å². The van der Waals surface area contributed by atoms with E-state index in [1.54, 1.807) is 17.1 Å². The van der Waals surface area contributed by atoms with Crippen molar-refractivity contribution < 1.29 is 0 Å². The zero-order chi connectivity index (χ0) is 9.26. The van der Waals surface area contributed by atoms with Crippen LogP contribution in [0, 0.1) is 0 Å². The molecular formula is C9H12N4. The maximum absolute atomic E-state index is 4.24. The molecule has 0 fully saturated rings. The maximum Gasteiger partial charge on any atom is 0.230 e. The molecule has 2 aromatic heterocycles. The van der Waals surface area contributed by atoms with Crippen LogP contribution in [0.2, 0.25) is 0 Å². The number of rotatable bonds is 2. The van der Waals surface area contributed by atoms with Crippen molar-refractivity contribution in [1.82, 2.24) is 19.3 Å². The molecule has 4 nitrogen and oxygen atoms in total. The molecule has 0 aliphatic heterocycles. The Morgan fingerprint density at radius 2 is 2.08 bits per heavy atom. The van der Waals surface area contributed by atoms with Gasteiger partial charge in [-0.05, 0) is 19.9 Å². The topological polar surface area (TPSA) is 35.6 Å². The van der Waals surface area contributed by atoms with Crippen molar-refractivity contribution in [3.63, 3.8) is 0 Å². The maximum atomic E-state index is 4.24. The van der Waals surface area contributed by atoms with Crippen LogP contribution in [0.25, 0.3) is 5.95 Å². The van der Waals surface area contributed by atoms with Gasteiger partial charge in [0.2, 0.25) is 5.95 Å². The Hall–Kier alpha value is -1.58. The number of imidazole rings is 1. The summed E-state index contributed by atoms with van der Waals surface area (Å²) in [6, 6.07) is 2.29. The molecule has 0 unspecified atom stereocenters. The molecule has 0 spiro atoms. The van der Waals surface area contributed by atoms with Crippen LogP contribution in [0.3, 0.4) is 0 Å². The zero-order valence-electron chi connectivity index (χ0n) is 7.75.